The lowest BCUT2D eigenvalue weighted by molar-refractivity contribution is 0.175. The van der Waals surface area contributed by atoms with Gasteiger partial charge in [-0.3, -0.25) is 9.36 Å². The number of aryl methyl sites for hydroxylation is 1. The highest BCUT2D eigenvalue weighted by atomic mass is 35.5. The summed E-state index contributed by atoms with van der Waals surface area (Å²) in [5.74, 6) is 0.210. The number of nitrogens with zero attached hydrogens (tertiary/aromatic N) is 4. The van der Waals surface area contributed by atoms with Crippen molar-refractivity contribution in [3.05, 3.63) is 34.4 Å². The second kappa shape index (κ2) is 6.20. The van der Waals surface area contributed by atoms with Crippen LogP contribution < -0.4 is 0 Å². The van der Waals surface area contributed by atoms with Gasteiger partial charge in [-0.05, 0) is 25.8 Å². The standard InChI is InChI=1S/C15H23ClN4O/c1-9(2)14-13(15(16)19(5)18-14)12(21)8-11-6-7-20(17-11)10(3)4/h6-7,9-10,12,21H,8H2,1-5H3. The topological polar surface area (TPSA) is 55.9 Å². The maximum absolute atomic E-state index is 10.6. The SMILES string of the molecule is CC(C)c1nn(C)c(Cl)c1C(O)Cc1ccn(C(C)C)n1. The molecule has 2 heterocycles. The summed E-state index contributed by atoms with van der Waals surface area (Å²) < 4.78 is 3.50. The van der Waals surface area contributed by atoms with Gasteiger partial charge >= 0.3 is 0 Å². The third-order valence-corrected chi connectivity index (χ3v) is 3.96. The zero-order valence-electron chi connectivity index (χ0n) is 13.2. The quantitative estimate of drug-likeness (QED) is 0.922. The van der Waals surface area contributed by atoms with Crippen LogP contribution in [0, 0.1) is 0 Å². The van der Waals surface area contributed by atoms with Crippen LogP contribution in [0.25, 0.3) is 0 Å². The zero-order valence-corrected chi connectivity index (χ0v) is 14.0. The van der Waals surface area contributed by atoms with Crippen molar-refractivity contribution < 1.29 is 5.11 Å². The van der Waals surface area contributed by atoms with E-state index in [-0.39, 0.29) is 5.92 Å². The highest BCUT2D eigenvalue weighted by Gasteiger charge is 2.24. The Labute approximate surface area is 130 Å². The van der Waals surface area contributed by atoms with Crippen LogP contribution in [0.5, 0.6) is 0 Å². The summed E-state index contributed by atoms with van der Waals surface area (Å²) >= 11 is 6.29. The fourth-order valence-corrected chi connectivity index (χ4v) is 2.61. The Balaban J connectivity index is 2.25. The van der Waals surface area contributed by atoms with Crippen molar-refractivity contribution in [2.45, 2.75) is 52.2 Å². The summed E-state index contributed by atoms with van der Waals surface area (Å²) in [6.45, 7) is 8.23. The summed E-state index contributed by atoms with van der Waals surface area (Å²) in [6, 6.07) is 2.24. The van der Waals surface area contributed by atoms with E-state index in [1.807, 2.05) is 30.8 Å². The minimum absolute atomic E-state index is 0.210. The summed E-state index contributed by atoms with van der Waals surface area (Å²) in [5.41, 5.74) is 2.41. The lowest BCUT2D eigenvalue weighted by Crippen LogP contribution is -2.07. The Kier molecular flexibility index (Phi) is 4.74. The maximum Gasteiger partial charge on any atom is 0.132 e. The first-order valence-corrected chi connectivity index (χ1v) is 7.63. The maximum atomic E-state index is 10.6. The zero-order chi connectivity index (χ0) is 15.7. The van der Waals surface area contributed by atoms with Gasteiger partial charge in [0.15, 0.2) is 0 Å². The van der Waals surface area contributed by atoms with Gasteiger partial charge in [0.1, 0.15) is 5.15 Å². The number of halogens is 1. The molecule has 6 heteroatoms. The van der Waals surface area contributed by atoms with Crippen LogP contribution in [0.15, 0.2) is 12.3 Å². The number of hydrogen-bond donors (Lipinski definition) is 1. The van der Waals surface area contributed by atoms with Crippen molar-refractivity contribution >= 4 is 11.6 Å². The molecule has 21 heavy (non-hydrogen) atoms. The van der Waals surface area contributed by atoms with Gasteiger partial charge in [-0.2, -0.15) is 10.2 Å². The van der Waals surface area contributed by atoms with Gasteiger partial charge in [0, 0.05) is 31.3 Å². The van der Waals surface area contributed by atoms with Crippen LogP contribution in [0.1, 0.15) is 62.7 Å². The summed E-state index contributed by atoms with van der Waals surface area (Å²) in [7, 11) is 1.79. The molecule has 5 nitrogen and oxygen atoms in total. The molecular formula is C15H23ClN4O. The van der Waals surface area contributed by atoms with Crippen LogP contribution in [-0.4, -0.2) is 24.7 Å². The molecule has 1 atom stereocenters. The Morgan fingerprint density at radius 3 is 2.43 bits per heavy atom. The normalized spacial score (nSPS) is 13.4. The van der Waals surface area contributed by atoms with Gasteiger partial charge in [0.05, 0.1) is 17.5 Å². The fourth-order valence-electron chi connectivity index (χ4n) is 2.35. The van der Waals surface area contributed by atoms with Gasteiger partial charge in [-0.15, -0.1) is 0 Å². The Morgan fingerprint density at radius 1 is 1.24 bits per heavy atom. The van der Waals surface area contributed by atoms with Crippen LogP contribution in [0.3, 0.4) is 0 Å². The second-order valence-electron chi connectivity index (χ2n) is 5.97. The van der Waals surface area contributed by atoms with E-state index < -0.39 is 6.10 Å². The molecule has 1 N–H and O–H groups in total. The monoisotopic (exact) mass is 310 g/mol. The van der Waals surface area contributed by atoms with E-state index >= 15 is 0 Å². The molecule has 1 unspecified atom stereocenters. The van der Waals surface area contributed by atoms with Crippen LogP contribution in [0.4, 0.5) is 0 Å². The first-order valence-electron chi connectivity index (χ1n) is 7.25. The van der Waals surface area contributed by atoms with Crippen molar-refractivity contribution in [1.29, 1.82) is 0 Å². The van der Waals surface area contributed by atoms with Gasteiger partial charge in [-0.1, -0.05) is 25.4 Å². The number of aliphatic hydroxyl groups excluding tert-OH is 1. The third-order valence-electron chi connectivity index (χ3n) is 3.52. The van der Waals surface area contributed by atoms with E-state index in [0.717, 1.165) is 11.4 Å². The van der Waals surface area contributed by atoms with Crippen LogP contribution >= 0.6 is 11.6 Å². The molecule has 2 rings (SSSR count). The summed E-state index contributed by atoms with van der Waals surface area (Å²) in [5, 5.41) is 19.9. The lowest BCUT2D eigenvalue weighted by Gasteiger charge is -2.12. The van der Waals surface area contributed by atoms with Gasteiger partial charge in [-0.25, -0.2) is 0 Å². The van der Waals surface area contributed by atoms with Crippen molar-refractivity contribution in [3.63, 3.8) is 0 Å². The van der Waals surface area contributed by atoms with Crippen molar-refractivity contribution in [2.24, 2.45) is 7.05 Å². The first-order chi connectivity index (χ1) is 9.81. The molecule has 0 aromatic carbocycles. The number of aromatic nitrogens is 4. The molecule has 0 aliphatic rings. The minimum atomic E-state index is -0.695. The first kappa shape index (κ1) is 16.0. The summed E-state index contributed by atoms with van der Waals surface area (Å²) in [6.07, 6.45) is 1.67. The molecule has 0 aliphatic heterocycles. The van der Waals surface area contributed by atoms with E-state index in [1.54, 1.807) is 11.7 Å². The molecule has 2 aromatic rings. The molecule has 0 saturated carbocycles. The molecule has 0 radical (unpaired) electrons. The van der Waals surface area contributed by atoms with Crippen LogP contribution in [-0.2, 0) is 13.5 Å². The number of rotatable bonds is 5. The van der Waals surface area contributed by atoms with E-state index in [4.69, 9.17) is 11.6 Å². The van der Waals surface area contributed by atoms with E-state index in [9.17, 15) is 5.11 Å². The Bertz CT molecular complexity index is 615. The second-order valence-corrected chi connectivity index (χ2v) is 6.33. The molecule has 0 amide bonds. The molecule has 0 saturated heterocycles. The molecule has 2 aromatic heterocycles. The van der Waals surface area contributed by atoms with Crippen molar-refractivity contribution in [3.8, 4) is 0 Å². The highest BCUT2D eigenvalue weighted by molar-refractivity contribution is 6.30. The van der Waals surface area contributed by atoms with Gasteiger partial charge in [0.2, 0.25) is 0 Å². The van der Waals surface area contributed by atoms with Crippen molar-refractivity contribution in [1.82, 2.24) is 19.6 Å². The third kappa shape index (κ3) is 3.30. The Morgan fingerprint density at radius 2 is 1.90 bits per heavy atom. The van der Waals surface area contributed by atoms with E-state index in [0.29, 0.717) is 23.2 Å². The number of hydrogen-bond acceptors (Lipinski definition) is 3. The fraction of sp³-hybridized carbons (Fsp3) is 0.600. The largest absolute Gasteiger partial charge is 0.388 e. The molecule has 0 fully saturated rings. The highest BCUT2D eigenvalue weighted by Crippen LogP contribution is 2.32. The van der Waals surface area contributed by atoms with Gasteiger partial charge in [0.25, 0.3) is 0 Å². The van der Waals surface area contributed by atoms with E-state index in [2.05, 4.69) is 24.0 Å². The molecular weight excluding hydrogens is 288 g/mol. The predicted octanol–water partition coefficient (Wildman–Crippen LogP) is 3.25. The molecule has 116 valence electrons. The van der Waals surface area contributed by atoms with Crippen molar-refractivity contribution in [2.75, 3.05) is 0 Å². The molecule has 0 aliphatic carbocycles. The minimum Gasteiger partial charge on any atom is -0.388 e. The predicted molar refractivity (Wildman–Crippen MR) is 83.6 cm³/mol. The molecule has 0 bridgehead atoms. The van der Waals surface area contributed by atoms with Gasteiger partial charge < -0.3 is 5.11 Å². The Hall–Kier alpha value is -1.33. The average Bonchev–Trinajstić information content (AvgIpc) is 2.96. The number of aliphatic hydroxyl groups is 1. The summed E-state index contributed by atoms with van der Waals surface area (Å²) in [4.78, 5) is 0. The average molecular weight is 311 g/mol. The molecule has 0 spiro atoms. The lowest BCUT2D eigenvalue weighted by atomic mass is 9.99. The van der Waals surface area contributed by atoms with E-state index in [1.165, 1.54) is 0 Å². The van der Waals surface area contributed by atoms with Crippen LogP contribution in [0.2, 0.25) is 5.15 Å². The smallest absolute Gasteiger partial charge is 0.132 e.